The summed E-state index contributed by atoms with van der Waals surface area (Å²) in [5.41, 5.74) is 14.3. The quantitative estimate of drug-likeness (QED) is 0.156. The van der Waals surface area contributed by atoms with Gasteiger partial charge < -0.3 is 9.13 Å². The van der Waals surface area contributed by atoms with Gasteiger partial charge in [0.05, 0.1) is 44.1 Å². The molecule has 0 bridgehead atoms. The zero-order valence-electron chi connectivity index (χ0n) is 38.5. The van der Waals surface area contributed by atoms with Crippen molar-refractivity contribution in [1.82, 2.24) is 33.2 Å². The van der Waals surface area contributed by atoms with Crippen molar-refractivity contribution >= 4 is 104 Å². The molecule has 332 valence electrons. The SMILES string of the molecule is C1#CCC=C(n2c3ccccc3c3ccc4c5ccccc5n(-c5nc(C6=CC=C(c7ccccc7)CC6)nc(-n6c7ccccc7c7ccc8c9ccccc9n(-c9ccccc9)c8c76)n5)c4c32)C=C1. The van der Waals surface area contributed by atoms with E-state index in [1.165, 1.54) is 21.9 Å². The highest BCUT2D eigenvalue weighted by molar-refractivity contribution is 6.25. The van der Waals surface area contributed by atoms with Crippen LogP contribution in [0.4, 0.5) is 0 Å². The number of aromatic nitrogens is 7. The smallest absolute Gasteiger partial charge is 0.240 e. The largest absolute Gasteiger partial charge is 0.307 e. The number of nitrogens with zero attached hydrogens (tertiary/aromatic N) is 7. The van der Waals surface area contributed by atoms with Gasteiger partial charge in [0, 0.05) is 60.9 Å². The van der Waals surface area contributed by atoms with Gasteiger partial charge in [0.1, 0.15) is 0 Å². The average Bonchev–Trinajstić information content (AvgIpc) is 4.10. The molecular formula is C64H41N7. The maximum Gasteiger partial charge on any atom is 0.240 e. The second-order valence-electron chi connectivity index (χ2n) is 18.5. The molecule has 8 aromatic carbocycles. The number of hydrogen-bond acceptors (Lipinski definition) is 3. The molecule has 0 saturated carbocycles. The summed E-state index contributed by atoms with van der Waals surface area (Å²) in [5, 5.41) is 9.17. The average molecular weight is 908 g/mol. The first kappa shape index (κ1) is 39.5. The highest BCUT2D eigenvalue weighted by atomic mass is 15.3. The van der Waals surface area contributed by atoms with Crippen LogP contribution in [-0.4, -0.2) is 33.2 Å². The summed E-state index contributed by atoms with van der Waals surface area (Å²) in [6.07, 6.45) is 13.1. The molecule has 0 radical (unpaired) electrons. The maximum atomic E-state index is 5.75. The zero-order valence-corrected chi connectivity index (χ0v) is 38.5. The first-order valence-corrected chi connectivity index (χ1v) is 24.3. The van der Waals surface area contributed by atoms with E-state index in [9.17, 15) is 0 Å². The maximum absolute atomic E-state index is 5.75. The van der Waals surface area contributed by atoms with E-state index in [1.54, 1.807) is 0 Å². The number of fused-ring (bicyclic) bond motifs is 14. The summed E-state index contributed by atoms with van der Waals surface area (Å²) in [5.74, 6) is 8.26. The lowest BCUT2D eigenvalue weighted by Crippen LogP contribution is -2.13. The summed E-state index contributed by atoms with van der Waals surface area (Å²) < 4.78 is 9.42. The molecule has 0 unspecified atom stereocenters. The van der Waals surface area contributed by atoms with Crippen LogP contribution in [0.5, 0.6) is 0 Å². The van der Waals surface area contributed by atoms with Crippen LogP contribution in [0.3, 0.4) is 0 Å². The molecule has 2 aliphatic rings. The van der Waals surface area contributed by atoms with E-state index in [4.69, 9.17) is 15.0 Å². The molecule has 5 aromatic heterocycles. The van der Waals surface area contributed by atoms with Gasteiger partial charge in [-0.25, -0.2) is 0 Å². The molecule has 0 fully saturated rings. The fourth-order valence-electron chi connectivity index (χ4n) is 11.6. The van der Waals surface area contributed by atoms with Gasteiger partial charge in [0.15, 0.2) is 5.82 Å². The standard InChI is InChI=1S/C64H41N7/c1-2-8-22-44(21-7-1)68-54-29-15-11-25-46(54)50-37-39-52-48-27-13-17-31-56(48)70(60(52)58(50)68)63-65-62(43-35-33-42(34-36-43)41-19-5-3-6-20-41)66-64(67-63)71-57-32-18-14-28-49(57)53-40-38-51-47-26-12-16-30-55(47)69(59(51)61(53)71)45-23-9-4-10-24-45/h3-7,9-33,35,37-40H,8,34,36H2. The predicted octanol–water partition coefficient (Wildman–Crippen LogP) is 15.3. The van der Waals surface area contributed by atoms with Crippen LogP contribution in [0, 0.1) is 11.8 Å². The third-order valence-electron chi connectivity index (χ3n) is 14.7. The Labute approximate surface area is 407 Å². The zero-order chi connectivity index (χ0) is 46.6. The van der Waals surface area contributed by atoms with Crippen LogP contribution in [-0.2, 0) is 0 Å². The molecular weight excluding hydrogens is 867 g/mol. The van der Waals surface area contributed by atoms with Crippen molar-refractivity contribution in [2.45, 2.75) is 19.3 Å². The predicted molar refractivity (Wildman–Crippen MR) is 293 cm³/mol. The molecule has 0 spiro atoms. The summed E-state index contributed by atoms with van der Waals surface area (Å²) in [6.45, 7) is 0. The second-order valence-corrected chi connectivity index (χ2v) is 18.5. The van der Waals surface area contributed by atoms with Crippen LogP contribution in [0.15, 0.2) is 212 Å². The molecule has 7 heteroatoms. The van der Waals surface area contributed by atoms with E-state index in [0.717, 1.165) is 106 Å². The molecule has 13 aromatic rings. The second kappa shape index (κ2) is 15.5. The molecule has 0 aliphatic heterocycles. The lowest BCUT2D eigenvalue weighted by Gasteiger charge is -2.17. The van der Waals surface area contributed by atoms with E-state index in [0.29, 0.717) is 24.1 Å². The van der Waals surface area contributed by atoms with Crippen LogP contribution in [0.25, 0.3) is 122 Å². The van der Waals surface area contributed by atoms with Crippen LogP contribution >= 0.6 is 0 Å². The topological polar surface area (TPSA) is 58.4 Å². The Bertz CT molecular complexity index is 4600. The lowest BCUT2D eigenvalue weighted by molar-refractivity contribution is 0.865. The van der Waals surface area contributed by atoms with Crippen LogP contribution < -0.4 is 0 Å². The van der Waals surface area contributed by atoms with Gasteiger partial charge in [-0.1, -0.05) is 170 Å². The van der Waals surface area contributed by atoms with Crippen molar-refractivity contribution in [2.24, 2.45) is 0 Å². The number of rotatable bonds is 6. The number of para-hydroxylation sites is 5. The summed E-state index contributed by atoms with van der Waals surface area (Å²) >= 11 is 0. The molecule has 0 amide bonds. The van der Waals surface area contributed by atoms with E-state index < -0.39 is 0 Å². The van der Waals surface area contributed by atoms with Gasteiger partial charge in [0.25, 0.3) is 0 Å². The third kappa shape index (κ3) is 5.89. The van der Waals surface area contributed by atoms with Gasteiger partial charge in [-0.2, -0.15) is 15.0 Å². The molecule has 15 rings (SSSR count). The Morgan fingerprint density at radius 1 is 0.380 bits per heavy atom. The van der Waals surface area contributed by atoms with E-state index >= 15 is 0 Å². The number of hydrogen-bond donors (Lipinski definition) is 0. The first-order chi connectivity index (χ1) is 35.3. The molecule has 71 heavy (non-hydrogen) atoms. The highest BCUT2D eigenvalue weighted by Gasteiger charge is 2.27. The molecule has 0 atom stereocenters. The van der Waals surface area contributed by atoms with Gasteiger partial charge >= 0.3 is 0 Å². The van der Waals surface area contributed by atoms with Gasteiger partial charge in [-0.3, -0.25) is 9.13 Å². The van der Waals surface area contributed by atoms with Crippen molar-refractivity contribution in [3.63, 3.8) is 0 Å². The Morgan fingerprint density at radius 3 is 1.35 bits per heavy atom. The van der Waals surface area contributed by atoms with Crippen LogP contribution in [0.2, 0.25) is 0 Å². The van der Waals surface area contributed by atoms with Gasteiger partial charge in [-0.15, -0.1) is 0 Å². The van der Waals surface area contributed by atoms with Crippen molar-refractivity contribution in [3.05, 3.63) is 224 Å². The molecule has 0 saturated heterocycles. The molecule has 5 heterocycles. The number of benzene rings is 8. The minimum atomic E-state index is 0.551. The molecule has 7 nitrogen and oxygen atoms in total. The Hall–Kier alpha value is -9.51. The fourth-order valence-corrected chi connectivity index (χ4v) is 11.6. The summed E-state index contributed by atoms with van der Waals surface area (Å²) in [6, 6.07) is 65.3. The van der Waals surface area contributed by atoms with E-state index in [-0.39, 0.29) is 0 Å². The Morgan fingerprint density at radius 2 is 0.817 bits per heavy atom. The van der Waals surface area contributed by atoms with E-state index in [2.05, 4.69) is 236 Å². The minimum absolute atomic E-state index is 0.551. The van der Waals surface area contributed by atoms with Crippen molar-refractivity contribution in [2.75, 3.05) is 0 Å². The Balaban J connectivity index is 1.10. The van der Waals surface area contributed by atoms with Crippen molar-refractivity contribution in [1.29, 1.82) is 0 Å². The number of allylic oxidation sites excluding steroid dienone is 8. The fraction of sp³-hybridized carbons (Fsp3) is 0.0469. The highest BCUT2D eigenvalue weighted by Crippen LogP contribution is 2.44. The molecule has 2 aliphatic carbocycles. The van der Waals surface area contributed by atoms with Gasteiger partial charge in [0.2, 0.25) is 11.9 Å². The van der Waals surface area contributed by atoms with Gasteiger partial charge in [-0.05, 0) is 84.2 Å². The normalized spacial score (nSPS) is 13.9. The summed E-state index contributed by atoms with van der Waals surface area (Å²) in [4.78, 5) is 17.0. The monoisotopic (exact) mass is 907 g/mol. The summed E-state index contributed by atoms with van der Waals surface area (Å²) in [7, 11) is 0. The van der Waals surface area contributed by atoms with Crippen LogP contribution in [0.1, 0.15) is 30.7 Å². The lowest BCUT2D eigenvalue weighted by atomic mass is 9.93. The Kier molecular flexibility index (Phi) is 8.62. The van der Waals surface area contributed by atoms with E-state index in [1.807, 2.05) is 6.08 Å². The minimum Gasteiger partial charge on any atom is -0.307 e. The third-order valence-corrected chi connectivity index (χ3v) is 14.7. The van der Waals surface area contributed by atoms with Crippen molar-refractivity contribution in [3.8, 4) is 29.4 Å². The first-order valence-electron chi connectivity index (χ1n) is 24.3. The van der Waals surface area contributed by atoms with Crippen molar-refractivity contribution < 1.29 is 0 Å². The molecule has 0 N–H and O–H groups in total.